The molecule has 2 N–H and O–H groups in total. The fourth-order valence-corrected chi connectivity index (χ4v) is 2.31. The van der Waals surface area contributed by atoms with E-state index in [0.29, 0.717) is 12.5 Å². The zero-order valence-electron chi connectivity index (χ0n) is 11.1. The average molecular weight is 247 g/mol. The molecule has 0 spiro atoms. The maximum absolute atomic E-state index is 11.4. The minimum atomic E-state index is 0.150. The molecule has 0 aromatic heterocycles. The Morgan fingerprint density at radius 2 is 2.11 bits per heavy atom. The molecule has 0 bridgehead atoms. The molecular weight excluding hydrogens is 226 g/mol. The van der Waals surface area contributed by atoms with Crippen LogP contribution in [0.2, 0.25) is 0 Å². The van der Waals surface area contributed by atoms with E-state index < -0.39 is 0 Å². The van der Waals surface area contributed by atoms with Crippen LogP contribution < -0.4 is 15.5 Å². The van der Waals surface area contributed by atoms with Gasteiger partial charge in [-0.15, -0.1) is 0 Å². The van der Waals surface area contributed by atoms with Gasteiger partial charge >= 0.3 is 0 Å². The number of rotatable bonds is 3. The van der Waals surface area contributed by atoms with Gasteiger partial charge in [-0.3, -0.25) is 4.79 Å². The minimum absolute atomic E-state index is 0.150. The normalized spacial score (nSPS) is 18.1. The highest BCUT2D eigenvalue weighted by Crippen LogP contribution is 2.26. The molecule has 1 aliphatic heterocycles. The van der Waals surface area contributed by atoms with Crippen molar-refractivity contribution in [2.75, 3.05) is 31.6 Å². The van der Waals surface area contributed by atoms with E-state index in [4.69, 9.17) is 0 Å². The first-order valence-corrected chi connectivity index (χ1v) is 6.50. The number of hydrogen-bond donors (Lipinski definition) is 2. The Hall–Kier alpha value is -1.55. The Balaban J connectivity index is 2.23. The molecule has 1 aliphatic rings. The Labute approximate surface area is 108 Å². The van der Waals surface area contributed by atoms with E-state index in [1.165, 1.54) is 11.3 Å². The monoisotopic (exact) mass is 247 g/mol. The molecule has 0 radical (unpaired) electrons. The first kappa shape index (κ1) is 12.9. The summed E-state index contributed by atoms with van der Waals surface area (Å²) >= 11 is 0. The van der Waals surface area contributed by atoms with Gasteiger partial charge in [-0.05, 0) is 25.6 Å². The second-order valence-electron chi connectivity index (χ2n) is 4.66. The molecule has 18 heavy (non-hydrogen) atoms. The van der Waals surface area contributed by atoms with Crippen molar-refractivity contribution in [3.8, 4) is 0 Å². The van der Waals surface area contributed by atoms with Crippen LogP contribution >= 0.6 is 0 Å². The van der Waals surface area contributed by atoms with Crippen LogP contribution in [0.15, 0.2) is 24.3 Å². The van der Waals surface area contributed by atoms with Gasteiger partial charge in [-0.25, -0.2) is 0 Å². The van der Waals surface area contributed by atoms with Gasteiger partial charge in [-0.1, -0.05) is 18.2 Å². The quantitative estimate of drug-likeness (QED) is 0.846. The molecule has 4 nitrogen and oxygen atoms in total. The van der Waals surface area contributed by atoms with Crippen LogP contribution in [-0.2, 0) is 4.79 Å². The van der Waals surface area contributed by atoms with Crippen molar-refractivity contribution in [3.63, 3.8) is 0 Å². The Morgan fingerprint density at radius 3 is 2.89 bits per heavy atom. The number of nitrogens with one attached hydrogen (secondary N) is 2. The lowest BCUT2D eigenvalue weighted by molar-refractivity contribution is -0.120. The third-order valence-electron chi connectivity index (χ3n) is 3.49. The lowest BCUT2D eigenvalue weighted by Crippen LogP contribution is -2.30. The zero-order valence-corrected chi connectivity index (χ0v) is 11.1. The fourth-order valence-electron chi connectivity index (χ4n) is 2.31. The molecular formula is C14H21N3O. The van der Waals surface area contributed by atoms with Gasteiger partial charge in [0.25, 0.3) is 0 Å². The van der Waals surface area contributed by atoms with E-state index in [1.807, 2.05) is 7.05 Å². The van der Waals surface area contributed by atoms with Crippen molar-refractivity contribution in [2.24, 2.45) is 0 Å². The Bertz CT molecular complexity index is 419. The summed E-state index contributed by atoms with van der Waals surface area (Å²) in [4.78, 5) is 13.7. The number of carbonyl (C=O) groups excluding carboxylic acids is 1. The molecule has 1 amide bonds. The average Bonchev–Trinajstić information content (AvgIpc) is 2.62. The van der Waals surface area contributed by atoms with Crippen molar-refractivity contribution < 1.29 is 4.79 Å². The number of anilines is 1. The van der Waals surface area contributed by atoms with Crippen molar-refractivity contribution >= 4 is 11.6 Å². The molecule has 0 saturated carbocycles. The number of nitrogens with zero attached hydrogens (tertiary/aromatic N) is 1. The summed E-state index contributed by atoms with van der Waals surface area (Å²) < 4.78 is 0. The van der Waals surface area contributed by atoms with Gasteiger partial charge in [0.2, 0.25) is 5.91 Å². The molecule has 1 unspecified atom stereocenters. The second-order valence-corrected chi connectivity index (χ2v) is 4.66. The Kier molecular flexibility index (Phi) is 4.20. The van der Waals surface area contributed by atoms with E-state index in [0.717, 1.165) is 19.6 Å². The predicted molar refractivity (Wildman–Crippen MR) is 73.8 cm³/mol. The number of carbonyl (C=O) groups is 1. The van der Waals surface area contributed by atoms with Crippen LogP contribution in [0.25, 0.3) is 0 Å². The molecule has 4 heteroatoms. The van der Waals surface area contributed by atoms with Crippen LogP contribution in [-0.4, -0.2) is 32.6 Å². The summed E-state index contributed by atoms with van der Waals surface area (Å²) in [5.74, 6) is 0.150. The lowest BCUT2D eigenvalue weighted by atomic mass is 10.1. The standard InChI is InChI=1S/C14H21N3O/c1-11(15-2)12-5-3-4-6-13(12)17-9-7-14(18)16-8-10-17/h3-6,11,15H,7-10H2,1-2H3,(H,16,18). The van der Waals surface area contributed by atoms with Gasteiger partial charge in [-0.2, -0.15) is 0 Å². The maximum Gasteiger partial charge on any atom is 0.221 e. The number of para-hydroxylation sites is 1. The van der Waals surface area contributed by atoms with Crippen LogP contribution in [0.5, 0.6) is 0 Å². The van der Waals surface area contributed by atoms with Crippen molar-refractivity contribution in [3.05, 3.63) is 29.8 Å². The number of benzene rings is 1. The van der Waals surface area contributed by atoms with Crippen molar-refractivity contribution in [1.29, 1.82) is 0 Å². The highest BCUT2D eigenvalue weighted by molar-refractivity contribution is 5.77. The molecule has 1 heterocycles. The summed E-state index contributed by atoms with van der Waals surface area (Å²) in [5.41, 5.74) is 2.52. The van der Waals surface area contributed by atoms with Crippen molar-refractivity contribution in [2.45, 2.75) is 19.4 Å². The summed E-state index contributed by atoms with van der Waals surface area (Å²) in [6, 6.07) is 8.72. The van der Waals surface area contributed by atoms with Crippen LogP contribution in [0.3, 0.4) is 0 Å². The van der Waals surface area contributed by atoms with Crippen LogP contribution in [0, 0.1) is 0 Å². The zero-order chi connectivity index (χ0) is 13.0. The van der Waals surface area contributed by atoms with Gasteiger partial charge in [0.1, 0.15) is 0 Å². The summed E-state index contributed by atoms with van der Waals surface area (Å²) in [6.45, 7) is 4.54. The van der Waals surface area contributed by atoms with E-state index in [-0.39, 0.29) is 5.91 Å². The predicted octanol–water partition coefficient (Wildman–Crippen LogP) is 1.29. The number of amides is 1. The lowest BCUT2D eigenvalue weighted by Gasteiger charge is -2.27. The summed E-state index contributed by atoms with van der Waals surface area (Å²) in [5, 5.41) is 6.19. The third kappa shape index (κ3) is 2.82. The second kappa shape index (κ2) is 5.87. The van der Waals surface area contributed by atoms with E-state index in [9.17, 15) is 4.79 Å². The number of hydrogen-bond acceptors (Lipinski definition) is 3. The maximum atomic E-state index is 11.4. The molecule has 2 rings (SSSR count). The molecule has 98 valence electrons. The van der Waals surface area contributed by atoms with E-state index in [1.54, 1.807) is 0 Å². The molecule has 1 aromatic rings. The molecule has 1 atom stereocenters. The minimum Gasteiger partial charge on any atom is -0.369 e. The molecule has 1 fully saturated rings. The van der Waals surface area contributed by atoms with Gasteiger partial charge < -0.3 is 15.5 Å². The Morgan fingerprint density at radius 1 is 1.33 bits per heavy atom. The first-order chi connectivity index (χ1) is 8.72. The molecule has 1 saturated heterocycles. The van der Waals surface area contributed by atoms with Gasteiger partial charge in [0.05, 0.1) is 0 Å². The van der Waals surface area contributed by atoms with Gasteiger partial charge in [0.15, 0.2) is 0 Å². The van der Waals surface area contributed by atoms with E-state index >= 15 is 0 Å². The largest absolute Gasteiger partial charge is 0.369 e. The molecule has 0 aliphatic carbocycles. The SMILES string of the molecule is CNC(C)c1ccccc1N1CCNC(=O)CC1. The highest BCUT2D eigenvalue weighted by atomic mass is 16.1. The molecule has 1 aromatic carbocycles. The van der Waals surface area contributed by atoms with Crippen LogP contribution in [0.4, 0.5) is 5.69 Å². The summed E-state index contributed by atoms with van der Waals surface area (Å²) in [7, 11) is 1.97. The van der Waals surface area contributed by atoms with Gasteiger partial charge in [0, 0.05) is 37.8 Å². The fraction of sp³-hybridized carbons (Fsp3) is 0.500. The third-order valence-corrected chi connectivity index (χ3v) is 3.49. The van der Waals surface area contributed by atoms with E-state index in [2.05, 4.69) is 46.7 Å². The highest BCUT2D eigenvalue weighted by Gasteiger charge is 2.17. The summed E-state index contributed by atoms with van der Waals surface area (Å²) in [6.07, 6.45) is 0.572. The topological polar surface area (TPSA) is 44.4 Å². The van der Waals surface area contributed by atoms with Crippen molar-refractivity contribution in [1.82, 2.24) is 10.6 Å². The van der Waals surface area contributed by atoms with Crippen LogP contribution in [0.1, 0.15) is 24.9 Å². The first-order valence-electron chi connectivity index (χ1n) is 6.50. The smallest absolute Gasteiger partial charge is 0.221 e.